The van der Waals surface area contributed by atoms with Crippen molar-refractivity contribution in [3.05, 3.63) is 29.8 Å². The molecule has 3 nitrogen and oxygen atoms in total. The molecule has 1 heterocycles. The van der Waals surface area contributed by atoms with Crippen LogP contribution in [0.4, 0.5) is 0 Å². The first kappa shape index (κ1) is 17.4. The van der Waals surface area contributed by atoms with Crippen LogP contribution in [0.2, 0.25) is 0 Å². The second-order valence-corrected chi connectivity index (χ2v) is 7.06. The average Bonchev–Trinajstić information content (AvgIpc) is 2.83. The van der Waals surface area contributed by atoms with Crippen molar-refractivity contribution in [3.63, 3.8) is 0 Å². The van der Waals surface area contributed by atoms with Crippen LogP contribution in [0.1, 0.15) is 38.2 Å². The van der Waals surface area contributed by atoms with Gasteiger partial charge in [-0.15, -0.1) is 11.8 Å². The van der Waals surface area contributed by atoms with Crippen LogP contribution in [0.25, 0.3) is 0 Å². The molecular weight excluding hydrogens is 292 g/mol. The van der Waals surface area contributed by atoms with E-state index in [0.29, 0.717) is 0 Å². The lowest BCUT2D eigenvalue weighted by atomic mass is 10.1. The Morgan fingerprint density at radius 1 is 1.18 bits per heavy atom. The summed E-state index contributed by atoms with van der Waals surface area (Å²) in [5, 5.41) is 0. The minimum atomic E-state index is -0.0571. The second kappa shape index (κ2) is 8.59. The number of hydrogen-bond donors (Lipinski definition) is 0. The Labute approximate surface area is 139 Å². The SMILES string of the molecule is CSc1ccc(CN(C)[C@@H](C)C(=O)N2CCCCCC2)cc1. The Morgan fingerprint density at radius 3 is 2.32 bits per heavy atom. The molecule has 0 bridgehead atoms. The smallest absolute Gasteiger partial charge is 0.239 e. The van der Waals surface area contributed by atoms with E-state index < -0.39 is 0 Å². The quantitative estimate of drug-likeness (QED) is 0.774. The average molecular weight is 321 g/mol. The van der Waals surface area contributed by atoms with Gasteiger partial charge in [0.15, 0.2) is 0 Å². The molecule has 1 saturated heterocycles. The molecule has 1 atom stereocenters. The summed E-state index contributed by atoms with van der Waals surface area (Å²) in [5.74, 6) is 0.283. The van der Waals surface area contributed by atoms with E-state index in [9.17, 15) is 4.79 Å². The zero-order chi connectivity index (χ0) is 15.9. The number of rotatable bonds is 5. The van der Waals surface area contributed by atoms with Crippen LogP contribution in [-0.2, 0) is 11.3 Å². The summed E-state index contributed by atoms with van der Waals surface area (Å²) in [6.07, 6.45) is 6.91. The molecule has 1 aliphatic rings. The summed E-state index contributed by atoms with van der Waals surface area (Å²) in [7, 11) is 2.04. The highest BCUT2D eigenvalue weighted by Gasteiger charge is 2.24. The van der Waals surface area contributed by atoms with E-state index in [4.69, 9.17) is 0 Å². The zero-order valence-electron chi connectivity index (χ0n) is 14.0. The van der Waals surface area contributed by atoms with Crippen LogP contribution in [-0.4, -0.2) is 48.1 Å². The molecule has 2 rings (SSSR count). The molecule has 4 heteroatoms. The fraction of sp³-hybridized carbons (Fsp3) is 0.611. The lowest BCUT2D eigenvalue weighted by Gasteiger charge is -2.29. The highest BCUT2D eigenvalue weighted by atomic mass is 32.2. The minimum Gasteiger partial charge on any atom is -0.341 e. The van der Waals surface area contributed by atoms with E-state index in [1.165, 1.54) is 23.3 Å². The van der Waals surface area contributed by atoms with Gasteiger partial charge in [0.1, 0.15) is 0 Å². The summed E-state index contributed by atoms with van der Waals surface area (Å²) in [5.41, 5.74) is 1.26. The van der Waals surface area contributed by atoms with E-state index in [2.05, 4.69) is 40.3 Å². The van der Waals surface area contributed by atoms with Crippen molar-refractivity contribution in [1.29, 1.82) is 0 Å². The van der Waals surface area contributed by atoms with Crippen LogP contribution < -0.4 is 0 Å². The van der Waals surface area contributed by atoms with Gasteiger partial charge < -0.3 is 4.90 Å². The molecule has 1 aromatic rings. The fourth-order valence-corrected chi connectivity index (χ4v) is 3.31. The molecule has 0 unspecified atom stereocenters. The molecule has 1 aromatic carbocycles. The summed E-state index contributed by atoms with van der Waals surface area (Å²) in [4.78, 5) is 18.2. The van der Waals surface area contributed by atoms with Gasteiger partial charge in [0.05, 0.1) is 6.04 Å². The van der Waals surface area contributed by atoms with Crippen LogP contribution in [0.15, 0.2) is 29.2 Å². The van der Waals surface area contributed by atoms with Crippen molar-refractivity contribution >= 4 is 17.7 Å². The van der Waals surface area contributed by atoms with E-state index >= 15 is 0 Å². The third kappa shape index (κ3) is 4.75. The summed E-state index contributed by atoms with van der Waals surface area (Å²) in [6, 6.07) is 8.56. The Balaban J connectivity index is 1.92. The van der Waals surface area contributed by atoms with Gasteiger partial charge in [0.25, 0.3) is 0 Å². The molecule has 122 valence electrons. The maximum Gasteiger partial charge on any atom is 0.239 e. The summed E-state index contributed by atoms with van der Waals surface area (Å²) in [6.45, 7) is 4.71. The van der Waals surface area contributed by atoms with E-state index in [0.717, 1.165) is 32.5 Å². The molecule has 0 radical (unpaired) electrons. The molecule has 0 aromatic heterocycles. The van der Waals surface area contributed by atoms with Gasteiger partial charge in [-0.05, 0) is 50.8 Å². The number of nitrogens with zero attached hydrogens (tertiary/aromatic N) is 2. The maximum absolute atomic E-state index is 12.7. The third-order valence-corrected chi connectivity index (χ3v) is 5.27. The molecule has 1 fully saturated rings. The van der Waals surface area contributed by atoms with Crippen molar-refractivity contribution in [3.8, 4) is 0 Å². The van der Waals surface area contributed by atoms with Crippen molar-refractivity contribution in [1.82, 2.24) is 9.80 Å². The number of carbonyl (C=O) groups is 1. The number of amides is 1. The maximum atomic E-state index is 12.7. The van der Waals surface area contributed by atoms with Crippen molar-refractivity contribution in [2.45, 2.75) is 50.1 Å². The molecule has 22 heavy (non-hydrogen) atoms. The first-order valence-corrected chi connectivity index (χ1v) is 9.46. The van der Waals surface area contributed by atoms with Crippen molar-refractivity contribution in [2.75, 3.05) is 26.4 Å². The molecule has 1 aliphatic heterocycles. The number of carbonyl (C=O) groups excluding carboxylic acids is 1. The van der Waals surface area contributed by atoms with Gasteiger partial charge in [0.2, 0.25) is 5.91 Å². The van der Waals surface area contributed by atoms with Crippen molar-refractivity contribution < 1.29 is 4.79 Å². The van der Waals surface area contributed by atoms with E-state index in [1.54, 1.807) is 11.8 Å². The van der Waals surface area contributed by atoms with Gasteiger partial charge in [-0.2, -0.15) is 0 Å². The first-order chi connectivity index (χ1) is 10.6. The Hall–Kier alpha value is -1.00. The fourth-order valence-electron chi connectivity index (χ4n) is 2.90. The predicted molar refractivity (Wildman–Crippen MR) is 94.2 cm³/mol. The molecule has 0 saturated carbocycles. The number of likely N-dealkylation sites (tertiary alicyclic amines) is 1. The number of benzene rings is 1. The Morgan fingerprint density at radius 2 is 1.77 bits per heavy atom. The van der Waals surface area contributed by atoms with Crippen LogP contribution in [0.5, 0.6) is 0 Å². The Bertz CT molecular complexity index is 466. The molecule has 1 amide bonds. The van der Waals surface area contributed by atoms with Gasteiger partial charge >= 0.3 is 0 Å². The highest BCUT2D eigenvalue weighted by molar-refractivity contribution is 7.98. The standard InChI is InChI=1S/C18H28N2OS/c1-15(18(21)20-12-6-4-5-7-13-20)19(2)14-16-8-10-17(22-3)11-9-16/h8-11,15H,4-7,12-14H2,1-3H3/t15-/m0/s1. The number of thioether (sulfide) groups is 1. The Kier molecular flexibility index (Phi) is 6.77. The largest absolute Gasteiger partial charge is 0.341 e. The topological polar surface area (TPSA) is 23.6 Å². The normalized spacial score (nSPS) is 17.4. The monoisotopic (exact) mass is 320 g/mol. The van der Waals surface area contributed by atoms with Gasteiger partial charge in [-0.1, -0.05) is 25.0 Å². The van der Waals surface area contributed by atoms with Gasteiger partial charge in [-0.3, -0.25) is 9.69 Å². The predicted octanol–water partition coefficient (Wildman–Crippen LogP) is 3.63. The van der Waals surface area contributed by atoms with Gasteiger partial charge in [0, 0.05) is 24.5 Å². The van der Waals surface area contributed by atoms with Crippen LogP contribution >= 0.6 is 11.8 Å². The van der Waals surface area contributed by atoms with E-state index in [1.807, 2.05) is 14.0 Å². The number of hydrogen-bond acceptors (Lipinski definition) is 3. The second-order valence-electron chi connectivity index (χ2n) is 6.18. The minimum absolute atomic E-state index is 0.0571. The lowest BCUT2D eigenvalue weighted by molar-refractivity contribution is -0.136. The molecule has 0 N–H and O–H groups in total. The van der Waals surface area contributed by atoms with Crippen LogP contribution in [0.3, 0.4) is 0 Å². The summed E-state index contributed by atoms with van der Waals surface area (Å²) < 4.78 is 0. The third-order valence-electron chi connectivity index (χ3n) is 4.53. The first-order valence-electron chi connectivity index (χ1n) is 8.24. The molecule has 0 aliphatic carbocycles. The number of likely N-dealkylation sites (N-methyl/N-ethyl adjacent to an activating group) is 1. The van der Waals surface area contributed by atoms with Crippen LogP contribution in [0, 0.1) is 0 Å². The van der Waals surface area contributed by atoms with Crippen molar-refractivity contribution in [2.24, 2.45) is 0 Å². The lowest BCUT2D eigenvalue weighted by Crippen LogP contribution is -2.45. The molecule has 0 spiro atoms. The summed E-state index contributed by atoms with van der Waals surface area (Å²) >= 11 is 1.75. The molecular formula is C18H28N2OS. The highest BCUT2D eigenvalue weighted by Crippen LogP contribution is 2.17. The van der Waals surface area contributed by atoms with Gasteiger partial charge in [-0.25, -0.2) is 0 Å². The van der Waals surface area contributed by atoms with E-state index in [-0.39, 0.29) is 11.9 Å². The zero-order valence-corrected chi connectivity index (χ0v) is 14.9.